The molecule has 0 spiro atoms. The highest BCUT2D eigenvalue weighted by Crippen LogP contribution is 2.40. The molecule has 0 amide bonds. The van der Waals surface area contributed by atoms with Crippen molar-refractivity contribution >= 4 is 17.3 Å². The van der Waals surface area contributed by atoms with Gasteiger partial charge in [-0.05, 0) is 50.8 Å². The van der Waals surface area contributed by atoms with Gasteiger partial charge in [0.05, 0.1) is 0 Å². The minimum atomic E-state index is 0.0907. The van der Waals surface area contributed by atoms with Crippen molar-refractivity contribution in [2.45, 2.75) is 32.2 Å². The molecule has 1 aromatic carbocycles. The van der Waals surface area contributed by atoms with Crippen LogP contribution < -0.4 is 4.90 Å². The summed E-state index contributed by atoms with van der Waals surface area (Å²) in [6.07, 6.45) is 2.02. The van der Waals surface area contributed by atoms with Crippen molar-refractivity contribution in [1.82, 2.24) is 0 Å². The molecule has 2 nitrogen and oxygen atoms in total. The van der Waals surface area contributed by atoms with Crippen molar-refractivity contribution in [3.63, 3.8) is 0 Å². The third-order valence-corrected chi connectivity index (χ3v) is 4.23. The van der Waals surface area contributed by atoms with Gasteiger partial charge in [0, 0.05) is 29.4 Å². The fraction of sp³-hybridized carbons (Fsp3) is 0.571. The summed E-state index contributed by atoms with van der Waals surface area (Å²) in [5, 5.41) is 9.90. The molecule has 1 aliphatic heterocycles. The van der Waals surface area contributed by atoms with Crippen LogP contribution in [0.25, 0.3) is 0 Å². The molecule has 94 valence electrons. The van der Waals surface area contributed by atoms with Gasteiger partial charge in [-0.2, -0.15) is 0 Å². The molecular formula is C14H20ClNO. The Bertz CT molecular complexity index is 392. The summed E-state index contributed by atoms with van der Waals surface area (Å²) >= 11 is 6.05. The van der Waals surface area contributed by atoms with Crippen LogP contribution in [0.1, 0.15) is 26.7 Å². The van der Waals surface area contributed by atoms with Crippen molar-refractivity contribution in [2.75, 3.05) is 18.1 Å². The predicted molar refractivity (Wildman–Crippen MR) is 72.7 cm³/mol. The second-order valence-electron chi connectivity index (χ2n) is 5.28. The molecule has 1 saturated heterocycles. The van der Waals surface area contributed by atoms with Crippen LogP contribution in [0.5, 0.6) is 0 Å². The van der Waals surface area contributed by atoms with Crippen LogP contribution in [0.15, 0.2) is 24.3 Å². The van der Waals surface area contributed by atoms with E-state index in [-0.39, 0.29) is 12.1 Å². The molecule has 1 fully saturated rings. The summed E-state index contributed by atoms with van der Waals surface area (Å²) < 4.78 is 0. The van der Waals surface area contributed by atoms with E-state index in [0.717, 1.165) is 24.4 Å². The Morgan fingerprint density at radius 2 is 2.24 bits per heavy atom. The monoisotopic (exact) mass is 253 g/mol. The van der Waals surface area contributed by atoms with Gasteiger partial charge in [0.1, 0.15) is 0 Å². The van der Waals surface area contributed by atoms with E-state index in [1.54, 1.807) is 0 Å². The maximum atomic E-state index is 9.12. The second-order valence-corrected chi connectivity index (χ2v) is 5.72. The van der Waals surface area contributed by atoms with E-state index in [1.807, 2.05) is 18.2 Å². The van der Waals surface area contributed by atoms with Crippen molar-refractivity contribution in [3.8, 4) is 0 Å². The molecule has 0 bridgehead atoms. The molecule has 17 heavy (non-hydrogen) atoms. The smallest absolute Gasteiger partial charge is 0.0434 e. The fourth-order valence-electron chi connectivity index (χ4n) is 2.91. The highest BCUT2D eigenvalue weighted by Gasteiger charge is 2.40. The maximum Gasteiger partial charge on any atom is 0.0434 e. The van der Waals surface area contributed by atoms with Gasteiger partial charge in [0.15, 0.2) is 0 Å². The Hall–Kier alpha value is -0.730. The summed E-state index contributed by atoms with van der Waals surface area (Å²) in [5.74, 6) is 0.548. The van der Waals surface area contributed by atoms with Crippen LogP contribution >= 0.6 is 11.6 Å². The lowest BCUT2D eigenvalue weighted by molar-refractivity contribution is 0.229. The molecule has 1 aromatic rings. The number of aliphatic hydroxyl groups is 1. The zero-order chi connectivity index (χ0) is 12.5. The van der Waals surface area contributed by atoms with Crippen LogP contribution in [0.3, 0.4) is 0 Å². The van der Waals surface area contributed by atoms with Crippen molar-refractivity contribution in [3.05, 3.63) is 29.3 Å². The van der Waals surface area contributed by atoms with Crippen LogP contribution in [-0.4, -0.2) is 23.8 Å². The molecule has 1 N–H and O–H groups in total. The SMILES string of the molecule is CC1(C)C(CCO)CCN1c1cccc(Cl)c1. The largest absolute Gasteiger partial charge is 0.396 e. The van der Waals surface area contributed by atoms with Crippen molar-refractivity contribution in [1.29, 1.82) is 0 Å². The van der Waals surface area contributed by atoms with E-state index in [1.165, 1.54) is 5.69 Å². The summed E-state index contributed by atoms with van der Waals surface area (Å²) in [7, 11) is 0. The first-order valence-corrected chi connectivity index (χ1v) is 6.57. The van der Waals surface area contributed by atoms with Crippen molar-refractivity contribution in [2.24, 2.45) is 5.92 Å². The lowest BCUT2D eigenvalue weighted by Gasteiger charge is -2.37. The van der Waals surface area contributed by atoms with Crippen LogP contribution in [-0.2, 0) is 0 Å². The molecule has 0 aliphatic carbocycles. The Kier molecular flexibility index (Phi) is 3.64. The van der Waals surface area contributed by atoms with E-state index in [0.29, 0.717) is 5.92 Å². The third-order valence-electron chi connectivity index (χ3n) is 3.99. The molecule has 1 aliphatic rings. The first-order valence-electron chi connectivity index (χ1n) is 6.20. The van der Waals surface area contributed by atoms with Crippen LogP contribution in [0, 0.1) is 5.92 Å². The number of anilines is 1. The molecule has 0 saturated carbocycles. The maximum absolute atomic E-state index is 9.12. The molecule has 0 radical (unpaired) electrons. The van der Waals surface area contributed by atoms with Gasteiger partial charge in [0.25, 0.3) is 0 Å². The van der Waals surface area contributed by atoms with E-state index in [9.17, 15) is 0 Å². The number of hydrogen-bond acceptors (Lipinski definition) is 2. The minimum Gasteiger partial charge on any atom is -0.396 e. The summed E-state index contributed by atoms with van der Waals surface area (Å²) in [4.78, 5) is 2.40. The third kappa shape index (κ3) is 2.43. The Morgan fingerprint density at radius 3 is 2.88 bits per heavy atom. The lowest BCUT2D eigenvalue weighted by Crippen LogP contribution is -2.42. The van der Waals surface area contributed by atoms with Gasteiger partial charge in [-0.15, -0.1) is 0 Å². The highest BCUT2D eigenvalue weighted by molar-refractivity contribution is 6.30. The van der Waals surface area contributed by atoms with Gasteiger partial charge in [-0.3, -0.25) is 0 Å². The van der Waals surface area contributed by atoms with Gasteiger partial charge in [0.2, 0.25) is 0 Å². The molecule has 1 unspecified atom stereocenters. The predicted octanol–water partition coefficient (Wildman–Crippen LogP) is 3.33. The Morgan fingerprint density at radius 1 is 1.47 bits per heavy atom. The number of nitrogens with zero attached hydrogens (tertiary/aromatic N) is 1. The molecule has 0 aromatic heterocycles. The number of benzene rings is 1. The first kappa shape index (κ1) is 12.7. The lowest BCUT2D eigenvalue weighted by atomic mass is 9.86. The van der Waals surface area contributed by atoms with Gasteiger partial charge in [-0.1, -0.05) is 17.7 Å². The van der Waals surface area contributed by atoms with E-state index in [2.05, 4.69) is 24.8 Å². The molecule has 3 heteroatoms. The van der Waals surface area contributed by atoms with Crippen molar-refractivity contribution < 1.29 is 5.11 Å². The van der Waals surface area contributed by atoms with E-state index in [4.69, 9.17) is 16.7 Å². The summed E-state index contributed by atoms with van der Waals surface area (Å²) in [5.41, 5.74) is 1.27. The number of aliphatic hydroxyl groups excluding tert-OH is 1. The quantitative estimate of drug-likeness (QED) is 0.893. The summed E-state index contributed by atoms with van der Waals surface area (Å²) in [6, 6.07) is 8.02. The average molecular weight is 254 g/mol. The molecular weight excluding hydrogens is 234 g/mol. The Balaban J connectivity index is 2.23. The molecule has 1 heterocycles. The zero-order valence-electron chi connectivity index (χ0n) is 10.5. The first-order chi connectivity index (χ1) is 8.05. The van der Waals surface area contributed by atoms with E-state index >= 15 is 0 Å². The molecule has 1 atom stereocenters. The average Bonchev–Trinajstić information content (AvgIpc) is 2.55. The number of hydrogen-bond donors (Lipinski definition) is 1. The van der Waals surface area contributed by atoms with Gasteiger partial charge >= 0.3 is 0 Å². The second kappa shape index (κ2) is 4.87. The topological polar surface area (TPSA) is 23.5 Å². The number of halogens is 1. The zero-order valence-corrected chi connectivity index (χ0v) is 11.2. The van der Waals surface area contributed by atoms with E-state index < -0.39 is 0 Å². The van der Waals surface area contributed by atoms with Gasteiger partial charge < -0.3 is 10.0 Å². The normalized spacial score (nSPS) is 23.1. The number of rotatable bonds is 3. The van der Waals surface area contributed by atoms with Crippen LogP contribution in [0.4, 0.5) is 5.69 Å². The molecule has 2 rings (SSSR count). The minimum absolute atomic E-state index is 0.0907. The fourth-order valence-corrected chi connectivity index (χ4v) is 3.09. The highest BCUT2D eigenvalue weighted by atomic mass is 35.5. The standard InChI is InChI=1S/C14H20ClNO/c1-14(2)11(7-9-17)6-8-16(14)13-5-3-4-12(15)10-13/h3-5,10-11,17H,6-9H2,1-2H3. The van der Waals surface area contributed by atoms with Gasteiger partial charge in [-0.25, -0.2) is 0 Å². The summed E-state index contributed by atoms with van der Waals surface area (Å²) in [6.45, 7) is 5.82. The Labute approximate surface area is 108 Å². The van der Waals surface area contributed by atoms with Crippen LogP contribution in [0.2, 0.25) is 5.02 Å².